The van der Waals surface area contributed by atoms with Crippen molar-refractivity contribution in [2.75, 3.05) is 26.2 Å². The highest BCUT2D eigenvalue weighted by molar-refractivity contribution is 5.91. The number of hydrogen-bond donors (Lipinski definition) is 1. The van der Waals surface area contributed by atoms with Gasteiger partial charge in [-0.25, -0.2) is 0 Å². The second-order valence-corrected chi connectivity index (χ2v) is 4.20. The SMILES string of the molecule is CCOC(=O)CN(CC)C(=O)CCNC(=O)c1ccco1. The van der Waals surface area contributed by atoms with Crippen LogP contribution in [-0.2, 0) is 14.3 Å². The molecule has 0 saturated heterocycles. The Bertz CT molecular complexity index is 470. The van der Waals surface area contributed by atoms with E-state index in [1.807, 2.05) is 0 Å². The third-order valence-electron chi connectivity index (χ3n) is 2.73. The maximum absolute atomic E-state index is 11.9. The molecule has 2 amide bonds. The van der Waals surface area contributed by atoms with Crippen molar-refractivity contribution in [2.45, 2.75) is 20.3 Å². The van der Waals surface area contributed by atoms with Crippen LogP contribution in [0.4, 0.5) is 0 Å². The molecule has 7 heteroatoms. The van der Waals surface area contributed by atoms with Crippen molar-refractivity contribution in [2.24, 2.45) is 0 Å². The van der Waals surface area contributed by atoms with E-state index >= 15 is 0 Å². The number of nitrogens with zero attached hydrogens (tertiary/aromatic N) is 1. The molecule has 0 spiro atoms. The first kappa shape index (κ1) is 16.7. The molecule has 116 valence electrons. The van der Waals surface area contributed by atoms with Gasteiger partial charge in [-0.2, -0.15) is 0 Å². The van der Waals surface area contributed by atoms with Crippen LogP contribution in [-0.4, -0.2) is 48.9 Å². The number of likely N-dealkylation sites (N-methyl/N-ethyl adjacent to an activating group) is 1. The highest BCUT2D eigenvalue weighted by Crippen LogP contribution is 2.00. The van der Waals surface area contributed by atoms with Gasteiger partial charge in [-0.3, -0.25) is 14.4 Å². The average Bonchev–Trinajstić information content (AvgIpc) is 2.99. The molecule has 0 aliphatic carbocycles. The largest absolute Gasteiger partial charge is 0.465 e. The molecule has 21 heavy (non-hydrogen) atoms. The molecule has 0 aliphatic rings. The van der Waals surface area contributed by atoms with Crippen LogP contribution < -0.4 is 5.32 Å². The van der Waals surface area contributed by atoms with E-state index in [1.54, 1.807) is 19.9 Å². The van der Waals surface area contributed by atoms with Crippen LogP contribution in [0.25, 0.3) is 0 Å². The fourth-order valence-electron chi connectivity index (χ4n) is 1.67. The van der Waals surface area contributed by atoms with E-state index in [4.69, 9.17) is 9.15 Å². The van der Waals surface area contributed by atoms with Crippen molar-refractivity contribution >= 4 is 17.8 Å². The highest BCUT2D eigenvalue weighted by atomic mass is 16.5. The Hall–Kier alpha value is -2.31. The first-order chi connectivity index (χ1) is 10.1. The monoisotopic (exact) mass is 296 g/mol. The number of rotatable bonds is 8. The van der Waals surface area contributed by atoms with Crippen LogP contribution in [0.1, 0.15) is 30.8 Å². The first-order valence-electron chi connectivity index (χ1n) is 6.83. The van der Waals surface area contributed by atoms with Crippen LogP contribution in [0.2, 0.25) is 0 Å². The van der Waals surface area contributed by atoms with E-state index in [9.17, 15) is 14.4 Å². The summed E-state index contributed by atoms with van der Waals surface area (Å²) in [4.78, 5) is 36.3. The number of furan rings is 1. The lowest BCUT2D eigenvalue weighted by Crippen LogP contribution is -2.38. The van der Waals surface area contributed by atoms with E-state index in [-0.39, 0.29) is 43.7 Å². The van der Waals surface area contributed by atoms with Gasteiger partial charge in [0, 0.05) is 19.5 Å². The smallest absolute Gasteiger partial charge is 0.325 e. The van der Waals surface area contributed by atoms with Gasteiger partial charge in [0.15, 0.2) is 5.76 Å². The van der Waals surface area contributed by atoms with Gasteiger partial charge >= 0.3 is 5.97 Å². The summed E-state index contributed by atoms with van der Waals surface area (Å²) in [5.41, 5.74) is 0. The summed E-state index contributed by atoms with van der Waals surface area (Å²) in [7, 11) is 0. The molecule has 1 rings (SSSR count). The van der Waals surface area contributed by atoms with Gasteiger partial charge in [-0.15, -0.1) is 0 Å². The number of nitrogens with one attached hydrogen (secondary N) is 1. The minimum atomic E-state index is -0.438. The molecule has 0 fully saturated rings. The van der Waals surface area contributed by atoms with Crippen molar-refractivity contribution in [3.05, 3.63) is 24.2 Å². The number of esters is 1. The summed E-state index contributed by atoms with van der Waals surface area (Å²) in [6.07, 6.45) is 1.51. The molecule has 0 unspecified atom stereocenters. The summed E-state index contributed by atoms with van der Waals surface area (Å²) in [6.45, 7) is 4.28. The van der Waals surface area contributed by atoms with E-state index in [0.29, 0.717) is 6.54 Å². The molecule has 0 radical (unpaired) electrons. The van der Waals surface area contributed by atoms with Gasteiger partial charge in [-0.1, -0.05) is 0 Å². The fraction of sp³-hybridized carbons (Fsp3) is 0.500. The lowest BCUT2D eigenvalue weighted by molar-refractivity contribution is -0.148. The van der Waals surface area contributed by atoms with Crippen molar-refractivity contribution in [3.63, 3.8) is 0 Å². The van der Waals surface area contributed by atoms with Gasteiger partial charge in [0.2, 0.25) is 5.91 Å². The number of carbonyl (C=O) groups excluding carboxylic acids is 3. The Morgan fingerprint density at radius 1 is 1.33 bits per heavy atom. The predicted molar refractivity (Wildman–Crippen MR) is 74.5 cm³/mol. The molecule has 0 aliphatic heterocycles. The molecule has 7 nitrogen and oxygen atoms in total. The van der Waals surface area contributed by atoms with Crippen molar-refractivity contribution in [3.8, 4) is 0 Å². The fourth-order valence-corrected chi connectivity index (χ4v) is 1.67. The van der Waals surface area contributed by atoms with Crippen molar-refractivity contribution in [1.29, 1.82) is 0 Å². The standard InChI is InChI=1S/C14H20N2O5/c1-3-16(10-13(18)20-4-2)12(17)7-8-15-14(19)11-6-5-9-21-11/h5-6,9H,3-4,7-8,10H2,1-2H3,(H,15,19). The number of hydrogen-bond acceptors (Lipinski definition) is 5. The van der Waals surface area contributed by atoms with Crippen LogP contribution in [0.15, 0.2) is 22.8 Å². The zero-order valence-electron chi connectivity index (χ0n) is 12.3. The minimum Gasteiger partial charge on any atom is -0.465 e. The Kier molecular flexibility index (Phi) is 7.00. The number of amides is 2. The molecular formula is C14H20N2O5. The summed E-state index contributed by atoms with van der Waals surface area (Å²) < 4.78 is 9.73. The van der Waals surface area contributed by atoms with Crippen LogP contribution in [0.3, 0.4) is 0 Å². The molecule has 0 atom stereocenters. The topological polar surface area (TPSA) is 88.9 Å². The third-order valence-corrected chi connectivity index (χ3v) is 2.73. The maximum atomic E-state index is 11.9. The zero-order valence-corrected chi connectivity index (χ0v) is 12.3. The zero-order chi connectivity index (χ0) is 15.7. The molecule has 1 aromatic heterocycles. The van der Waals surface area contributed by atoms with E-state index in [1.165, 1.54) is 17.2 Å². The Labute approximate surface area is 123 Å². The predicted octanol–water partition coefficient (Wildman–Crippen LogP) is 0.811. The maximum Gasteiger partial charge on any atom is 0.325 e. The van der Waals surface area contributed by atoms with E-state index in [0.717, 1.165) is 0 Å². The molecule has 0 bridgehead atoms. The second kappa shape index (κ2) is 8.78. The Balaban J connectivity index is 2.34. The van der Waals surface area contributed by atoms with Crippen molar-refractivity contribution in [1.82, 2.24) is 10.2 Å². The molecule has 1 aromatic rings. The van der Waals surface area contributed by atoms with Gasteiger partial charge in [0.25, 0.3) is 5.91 Å². The quantitative estimate of drug-likeness (QED) is 0.717. The highest BCUT2D eigenvalue weighted by Gasteiger charge is 2.16. The molecule has 0 aromatic carbocycles. The number of carbonyl (C=O) groups is 3. The molecular weight excluding hydrogens is 276 g/mol. The van der Waals surface area contributed by atoms with E-state index in [2.05, 4.69) is 5.32 Å². The third kappa shape index (κ3) is 5.68. The lowest BCUT2D eigenvalue weighted by Gasteiger charge is -2.19. The minimum absolute atomic E-state index is 0.0741. The summed E-state index contributed by atoms with van der Waals surface area (Å²) in [5, 5.41) is 2.58. The Morgan fingerprint density at radius 2 is 2.10 bits per heavy atom. The second-order valence-electron chi connectivity index (χ2n) is 4.20. The first-order valence-corrected chi connectivity index (χ1v) is 6.83. The molecule has 1 heterocycles. The van der Waals surface area contributed by atoms with Gasteiger partial charge < -0.3 is 19.4 Å². The molecule has 1 N–H and O–H groups in total. The summed E-state index contributed by atoms with van der Waals surface area (Å²) in [6, 6.07) is 3.15. The Morgan fingerprint density at radius 3 is 2.67 bits per heavy atom. The van der Waals surface area contributed by atoms with Gasteiger partial charge in [0.1, 0.15) is 6.54 Å². The number of ether oxygens (including phenoxy) is 1. The van der Waals surface area contributed by atoms with Crippen LogP contribution in [0, 0.1) is 0 Å². The van der Waals surface area contributed by atoms with Crippen LogP contribution >= 0.6 is 0 Å². The summed E-state index contributed by atoms with van der Waals surface area (Å²) >= 11 is 0. The normalized spacial score (nSPS) is 10.0. The van der Waals surface area contributed by atoms with Crippen LogP contribution in [0.5, 0.6) is 0 Å². The van der Waals surface area contributed by atoms with Gasteiger partial charge in [0.05, 0.1) is 12.9 Å². The molecule has 0 saturated carbocycles. The van der Waals surface area contributed by atoms with Gasteiger partial charge in [-0.05, 0) is 26.0 Å². The lowest BCUT2D eigenvalue weighted by atomic mass is 10.3. The average molecular weight is 296 g/mol. The van der Waals surface area contributed by atoms with Crippen molar-refractivity contribution < 1.29 is 23.5 Å². The van der Waals surface area contributed by atoms with E-state index < -0.39 is 5.97 Å². The summed E-state index contributed by atoms with van der Waals surface area (Å²) in [5.74, 6) is -0.833.